The van der Waals surface area contributed by atoms with Crippen LogP contribution in [0.1, 0.15) is 44.2 Å². The van der Waals surface area contributed by atoms with E-state index in [1.165, 1.54) is 4.31 Å². The molecule has 0 spiro atoms. The average Bonchev–Trinajstić information content (AvgIpc) is 3.46. The van der Waals surface area contributed by atoms with Crippen LogP contribution in [0.2, 0.25) is 0 Å². The average molecular weight is 656 g/mol. The molecule has 1 atom stereocenters. The van der Waals surface area contributed by atoms with Crippen molar-refractivity contribution in [3.8, 4) is 0 Å². The number of carbonyl (C=O) groups is 2. The minimum atomic E-state index is -3.74. The molecule has 0 aliphatic carbocycles. The zero-order chi connectivity index (χ0) is 29.6. The third-order valence-electron chi connectivity index (χ3n) is 8.55. The van der Waals surface area contributed by atoms with Gasteiger partial charge < -0.3 is 19.1 Å². The summed E-state index contributed by atoms with van der Waals surface area (Å²) < 4.78 is 36.5. The van der Waals surface area contributed by atoms with Crippen molar-refractivity contribution in [2.45, 2.75) is 50.6 Å². The first-order valence-corrected chi connectivity index (χ1v) is 16.8. The molecule has 11 heteroatoms. The standard InChI is InChI=1S/C31H35BrN4O5S/c1-3-35-29-10-8-24(42(39,40)34-12-14-41-15-13-34)18-26(29)27(31(35)38)16-22-19-33(28-9-7-23(32)17-25(22)28)20-30(37)36-11-5-4-6-21(36)2/h7-10,16-19,21H,3-6,11-15,20H2,1-2H3/b27-16-/t21-/m0/s1. The minimum Gasteiger partial charge on any atom is -0.379 e. The SMILES string of the molecule is CCN1C(=O)/C(=C\c2cn(CC(=O)N3CCCC[C@@H]3C)c3ccc(Br)cc23)c2cc(S(=O)(=O)N3CCOCC3)ccc21. The number of anilines is 1. The van der Waals surface area contributed by atoms with Gasteiger partial charge in [-0.3, -0.25) is 9.59 Å². The fraction of sp³-hybridized carbons (Fsp3) is 0.419. The topological polar surface area (TPSA) is 92.2 Å². The summed E-state index contributed by atoms with van der Waals surface area (Å²) >= 11 is 3.58. The van der Waals surface area contributed by atoms with Gasteiger partial charge in [0.05, 0.1) is 23.8 Å². The highest BCUT2D eigenvalue weighted by molar-refractivity contribution is 9.10. The number of halogens is 1. The van der Waals surface area contributed by atoms with Gasteiger partial charge in [-0.25, -0.2) is 8.42 Å². The molecule has 2 aromatic carbocycles. The summed E-state index contributed by atoms with van der Waals surface area (Å²) in [6.07, 6.45) is 6.93. The molecule has 222 valence electrons. The molecule has 2 fully saturated rings. The lowest BCUT2D eigenvalue weighted by molar-refractivity contribution is -0.135. The Kier molecular flexibility index (Phi) is 8.03. The van der Waals surface area contributed by atoms with Gasteiger partial charge in [-0.2, -0.15) is 4.31 Å². The number of benzene rings is 2. The van der Waals surface area contributed by atoms with E-state index in [1.807, 2.05) is 46.9 Å². The van der Waals surface area contributed by atoms with Crippen molar-refractivity contribution in [2.75, 3.05) is 44.3 Å². The maximum absolute atomic E-state index is 13.7. The molecule has 9 nitrogen and oxygen atoms in total. The first-order chi connectivity index (χ1) is 20.2. The summed E-state index contributed by atoms with van der Waals surface area (Å²) in [5.74, 6) is -0.0961. The lowest BCUT2D eigenvalue weighted by Gasteiger charge is -2.33. The third kappa shape index (κ3) is 5.21. The summed E-state index contributed by atoms with van der Waals surface area (Å²) in [5.41, 5.74) is 3.39. The number of likely N-dealkylation sites (N-methyl/N-ethyl adjacent to an activating group) is 1. The zero-order valence-corrected chi connectivity index (χ0v) is 26.3. The van der Waals surface area contributed by atoms with Crippen LogP contribution in [0, 0.1) is 0 Å². The van der Waals surface area contributed by atoms with E-state index >= 15 is 0 Å². The monoisotopic (exact) mass is 654 g/mol. The molecular weight excluding hydrogens is 620 g/mol. The number of hydrogen-bond acceptors (Lipinski definition) is 5. The normalized spacial score (nSPS) is 21.0. The van der Waals surface area contributed by atoms with Gasteiger partial charge in [0.25, 0.3) is 5.91 Å². The summed E-state index contributed by atoms with van der Waals surface area (Å²) in [4.78, 5) is 30.8. The maximum Gasteiger partial charge on any atom is 0.258 e. The molecule has 6 rings (SSSR count). The van der Waals surface area contributed by atoms with Crippen molar-refractivity contribution in [1.82, 2.24) is 13.8 Å². The Bertz CT molecular complexity index is 1690. The molecule has 3 aromatic rings. The highest BCUT2D eigenvalue weighted by atomic mass is 79.9. The number of likely N-dealkylation sites (tertiary alicyclic amines) is 1. The Hall–Kier alpha value is -2.99. The van der Waals surface area contributed by atoms with Gasteiger partial charge in [0.2, 0.25) is 15.9 Å². The van der Waals surface area contributed by atoms with Crippen molar-refractivity contribution in [3.05, 3.63) is 58.2 Å². The fourth-order valence-electron chi connectivity index (χ4n) is 6.29. The van der Waals surface area contributed by atoms with Crippen LogP contribution < -0.4 is 4.90 Å². The number of ether oxygens (including phenoxy) is 1. The molecule has 42 heavy (non-hydrogen) atoms. The number of amides is 2. The molecule has 3 aliphatic rings. The van der Waals surface area contributed by atoms with Crippen LogP contribution in [0.3, 0.4) is 0 Å². The molecule has 1 aromatic heterocycles. The first-order valence-electron chi connectivity index (χ1n) is 14.5. The van der Waals surface area contributed by atoms with Crippen LogP contribution in [0.25, 0.3) is 22.6 Å². The number of hydrogen-bond donors (Lipinski definition) is 0. The van der Waals surface area contributed by atoms with Crippen LogP contribution in [-0.4, -0.2) is 79.4 Å². The lowest BCUT2D eigenvalue weighted by atomic mass is 10.0. The van der Waals surface area contributed by atoms with Gasteiger partial charge >= 0.3 is 0 Å². The molecule has 2 saturated heterocycles. The van der Waals surface area contributed by atoms with E-state index in [2.05, 4.69) is 22.9 Å². The van der Waals surface area contributed by atoms with Crippen LogP contribution in [0.5, 0.6) is 0 Å². The maximum atomic E-state index is 13.7. The second-order valence-electron chi connectivity index (χ2n) is 11.1. The Morgan fingerprint density at radius 3 is 2.62 bits per heavy atom. The molecule has 0 unspecified atom stereocenters. The second kappa shape index (κ2) is 11.6. The van der Waals surface area contributed by atoms with Crippen molar-refractivity contribution in [1.29, 1.82) is 0 Å². The second-order valence-corrected chi connectivity index (χ2v) is 14.0. The smallest absolute Gasteiger partial charge is 0.258 e. The first kappa shape index (κ1) is 29.1. The summed E-state index contributed by atoms with van der Waals surface area (Å²) in [7, 11) is -3.74. The lowest BCUT2D eigenvalue weighted by Crippen LogP contribution is -2.43. The van der Waals surface area contributed by atoms with E-state index in [1.54, 1.807) is 23.1 Å². The Morgan fingerprint density at radius 1 is 1.10 bits per heavy atom. The number of sulfonamides is 1. The number of fused-ring (bicyclic) bond motifs is 2. The molecule has 3 aliphatic heterocycles. The largest absolute Gasteiger partial charge is 0.379 e. The number of nitrogens with zero attached hydrogens (tertiary/aromatic N) is 4. The molecule has 0 bridgehead atoms. The van der Waals surface area contributed by atoms with Crippen molar-refractivity contribution >= 4 is 66.0 Å². The van der Waals surface area contributed by atoms with Gasteiger partial charge in [0.1, 0.15) is 6.54 Å². The number of aromatic nitrogens is 1. The van der Waals surface area contributed by atoms with Crippen molar-refractivity contribution in [2.24, 2.45) is 0 Å². The quantitative estimate of drug-likeness (QED) is 0.358. The van der Waals surface area contributed by atoms with Gasteiger partial charge in [0.15, 0.2) is 0 Å². The van der Waals surface area contributed by atoms with Gasteiger partial charge in [-0.1, -0.05) is 15.9 Å². The van der Waals surface area contributed by atoms with E-state index in [0.717, 1.165) is 46.7 Å². The Labute approximate surface area is 254 Å². The Morgan fingerprint density at radius 2 is 1.88 bits per heavy atom. The number of rotatable bonds is 6. The highest BCUT2D eigenvalue weighted by Crippen LogP contribution is 2.40. The zero-order valence-electron chi connectivity index (χ0n) is 23.9. The van der Waals surface area contributed by atoms with Crippen LogP contribution in [0.4, 0.5) is 5.69 Å². The fourth-order valence-corrected chi connectivity index (χ4v) is 8.09. The summed E-state index contributed by atoms with van der Waals surface area (Å²) in [5, 5.41) is 0.901. The van der Waals surface area contributed by atoms with Crippen LogP contribution in [-0.2, 0) is 30.9 Å². The number of morpholine rings is 1. The van der Waals surface area contributed by atoms with Gasteiger partial charge in [-0.15, -0.1) is 0 Å². The number of carbonyl (C=O) groups excluding carboxylic acids is 2. The predicted octanol–water partition coefficient (Wildman–Crippen LogP) is 4.73. The van der Waals surface area contributed by atoms with Crippen LogP contribution in [0.15, 0.2) is 52.0 Å². The van der Waals surface area contributed by atoms with Crippen LogP contribution >= 0.6 is 15.9 Å². The van der Waals surface area contributed by atoms with E-state index in [-0.39, 0.29) is 29.3 Å². The molecular formula is C31H35BrN4O5S. The molecule has 0 saturated carbocycles. The predicted molar refractivity (Wildman–Crippen MR) is 167 cm³/mol. The van der Waals surface area contributed by atoms with Gasteiger partial charge in [0, 0.05) is 70.5 Å². The third-order valence-corrected chi connectivity index (χ3v) is 10.9. The van der Waals surface area contributed by atoms with E-state index < -0.39 is 10.0 Å². The minimum absolute atomic E-state index is 0.0821. The summed E-state index contributed by atoms with van der Waals surface area (Å²) in [6.45, 7) is 6.75. The van der Waals surface area contributed by atoms with E-state index in [9.17, 15) is 18.0 Å². The molecule has 2 amide bonds. The van der Waals surface area contributed by atoms with Gasteiger partial charge in [-0.05, 0) is 75.6 Å². The molecule has 4 heterocycles. The van der Waals surface area contributed by atoms with E-state index in [4.69, 9.17) is 4.74 Å². The van der Waals surface area contributed by atoms with Crippen molar-refractivity contribution < 1.29 is 22.7 Å². The highest BCUT2D eigenvalue weighted by Gasteiger charge is 2.35. The molecule has 0 N–H and O–H groups in total. The molecule has 0 radical (unpaired) electrons. The summed E-state index contributed by atoms with van der Waals surface area (Å²) in [6, 6.07) is 11.1. The Balaban J connectivity index is 1.42. The van der Waals surface area contributed by atoms with E-state index in [0.29, 0.717) is 49.7 Å². The van der Waals surface area contributed by atoms with Crippen molar-refractivity contribution in [3.63, 3.8) is 0 Å². The number of piperidine rings is 1.